The molecule has 1 aromatic heterocycles. The van der Waals surface area contributed by atoms with E-state index in [9.17, 15) is 0 Å². The molecule has 0 unspecified atom stereocenters. The molecule has 0 atom stereocenters. The summed E-state index contributed by atoms with van der Waals surface area (Å²) in [5.74, 6) is 0. The number of hydrogen-bond acceptors (Lipinski definition) is 3. The highest BCUT2D eigenvalue weighted by Crippen LogP contribution is 2.10. The van der Waals surface area contributed by atoms with Crippen molar-refractivity contribution >= 4 is 0 Å². The first-order valence-corrected chi connectivity index (χ1v) is 6.80. The fourth-order valence-electron chi connectivity index (χ4n) is 2.29. The van der Waals surface area contributed by atoms with Crippen LogP contribution in [0.3, 0.4) is 0 Å². The van der Waals surface area contributed by atoms with Crippen LogP contribution in [0, 0.1) is 0 Å². The minimum absolute atomic E-state index is 0.759. The van der Waals surface area contributed by atoms with Crippen LogP contribution in [0.1, 0.15) is 38.5 Å². The Hall–Kier alpha value is -1.03. The molecule has 4 heteroatoms. The Kier molecular flexibility index (Phi) is 5.36. The van der Waals surface area contributed by atoms with Gasteiger partial charge in [-0.3, -0.25) is 0 Å². The molecule has 0 radical (unpaired) electrons. The zero-order chi connectivity index (χ0) is 11.8. The van der Waals surface area contributed by atoms with E-state index >= 15 is 0 Å². The van der Waals surface area contributed by atoms with Crippen molar-refractivity contribution in [3.8, 4) is 0 Å². The van der Waals surface area contributed by atoms with Crippen LogP contribution < -0.4 is 4.84 Å². The number of hydrogen-bond donors (Lipinski definition) is 0. The van der Waals surface area contributed by atoms with Gasteiger partial charge in [0.2, 0.25) is 0 Å². The minimum atomic E-state index is 0.759. The monoisotopic (exact) mass is 237 g/mol. The summed E-state index contributed by atoms with van der Waals surface area (Å²) in [6.45, 7) is 4.57. The summed E-state index contributed by atoms with van der Waals surface area (Å²) in [6, 6.07) is 1.87. The average Bonchev–Trinajstić information content (AvgIpc) is 2.72. The van der Waals surface area contributed by atoms with Gasteiger partial charge in [0.25, 0.3) is 0 Å². The van der Waals surface area contributed by atoms with Crippen molar-refractivity contribution in [1.82, 2.24) is 14.8 Å². The van der Waals surface area contributed by atoms with Gasteiger partial charge in [-0.15, -0.1) is 9.94 Å². The smallest absolute Gasteiger partial charge is 0.117 e. The first-order valence-electron chi connectivity index (χ1n) is 6.80. The second-order valence-electron chi connectivity index (χ2n) is 4.70. The second kappa shape index (κ2) is 7.33. The van der Waals surface area contributed by atoms with Gasteiger partial charge in [-0.2, -0.15) is 0 Å². The van der Waals surface area contributed by atoms with E-state index in [1.807, 2.05) is 12.3 Å². The van der Waals surface area contributed by atoms with E-state index in [0.29, 0.717) is 0 Å². The molecule has 96 valence electrons. The predicted molar refractivity (Wildman–Crippen MR) is 67.8 cm³/mol. The topological polar surface area (TPSA) is 30.3 Å². The Labute approximate surface area is 104 Å². The van der Waals surface area contributed by atoms with E-state index in [1.54, 1.807) is 6.20 Å². The molecule has 4 nitrogen and oxygen atoms in total. The van der Waals surface area contributed by atoms with Gasteiger partial charge in [-0.25, -0.2) is 0 Å². The third kappa shape index (κ3) is 4.77. The Morgan fingerprint density at radius 2 is 1.88 bits per heavy atom. The van der Waals surface area contributed by atoms with Crippen molar-refractivity contribution < 1.29 is 4.84 Å². The van der Waals surface area contributed by atoms with Gasteiger partial charge in [-0.05, 0) is 51.4 Å². The summed E-state index contributed by atoms with van der Waals surface area (Å²) in [6.07, 6.45) is 11.5. The van der Waals surface area contributed by atoms with Crippen molar-refractivity contribution in [3.63, 3.8) is 0 Å². The van der Waals surface area contributed by atoms with Gasteiger partial charge < -0.3 is 9.74 Å². The summed E-state index contributed by atoms with van der Waals surface area (Å²) in [5, 5.41) is 4.00. The lowest BCUT2D eigenvalue weighted by Crippen LogP contribution is -2.26. The van der Waals surface area contributed by atoms with Crippen molar-refractivity contribution in [2.24, 2.45) is 0 Å². The molecule has 1 saturated heterocycles. The fraction of sp³-hybridized carbons (Fsp3) is 0.769. The van der Waals surface area contributed by atoms with Gasteiger partial charge in [0.15, 0.2) is 0 Å². The Bertz CT molecular complexity index is 279. The van der Waals surface area contributed by atoms with Crippen molar-refractivity contribution in [1.29, 1.82) is 0 Å². The largest absolute Gasteiger partial charge is 0.397 e. The molecule has 1 aliphatic heterocycles. The van der Waals surface area contributed by atoms with E-state index in [-0.39, 0.29) is 0 Å². The maximum Gasteiger partial charge on any atom is 0.117 e. The number of nitrogens with zero attached hydrogens (tertiary/aromatic N) is 3. The van der Waals surface area contributed by atoms with Crippen LogP contribution in [0.4, 0.5) is 0 Å². The van der Waals surface area contributed by atoms with Crippen molar-refractivity contribution in [3.05, 3.63) is 18.5 Å². The molecular weight excluding hydrogens is 214 g/mol. The molecule has 1 aromatic rings. The second-order valence-corrected chi connectivity index (χ2v) is 4.70. The van der Waals surface area contributed by atoms with Crippen LogP contribution in [0.25, 0.3) is 0 Å². The highest BCUT2D eigenvalue weighted by atomic mass is 16.7. The Morgan fingerprint density at radius 3 is 2.59 bits per heavy atom. The third-order valence-electron chi connectivity index (χ3n) is 3.27. The van der Waals surface area contributed by atoms with Crippen LogP contribution in [0.2, 0.25) is 0 Å². The normalized spacial score (nSPS) is 17.9. The quantitative estimate of drug-likeness (QED) is 0.709. The molecule has 2 rings (SSSR count). The van der Waals surface area contributed by atoms with Crippen LogP contribution in [0.5, 0.6) is 0 Å². The lowest BCUT2D eigenvalue weighted by Gasteiger charge is -2.19. The number of aromatic nitrogens is 2. The maximum absolute atomic E-state index is 5.45. The highest BCUT2D eigenvalue weighted by molar-refractivity contribution is 4.75. The van der Waals surface area contributed by atoms with Crippen molar-refractivity contribution in [2.75, 3.05) is 26.2 Å². The molecule has 0 bridgehead atoms. The van der Waals surface area contributed by atoms with Gasteiger partial charge in [0, 0.05) is 0 Å². The van der Waals surface area contributed by atoms with E-state index in [1.165, 1.54) is 56.6 Å². The Morgan fingerprint density at radius 1 is 1.06 bits per heavy atom. The van der Waals surface area contributed by atoms with Gasteiger partial charge in [0.05, 0.1) is 12.4 Å². The molecule has 1 fully saturated rings. The van der Waals surface area contributed by atoms with Gasteiger partial charge >= 0.3 is 0 Å². The zero-order valence-electron chi connectivity index (χ0n) is 10.6. The summed E-state index contributed by atoms with van der Waals surface area (Å²) in [5.41, 5.74) is 0. The van der Waals surface area contributed by atoms with Gasteiger partial charge in [-0.1, -0.05) is 12.8 Å². The summed E-state index contributed by atoms with van der Waals surface area (Å²) in [7, 11) is 0. The maximum atomic E-state index is 5.45. The molecule has 0 N–H and O–H groups in total. The lowest BCUT2D eigenvalue weighted by atomic mass is 10.2. The molecule has 17 heavy (non-hydrogen) atoms. The van der Waals surface area contributed by atoms with Crippen LogP contribution in [-0.2, 0) is 0 Å². The van der Waals surface area contributed by atoms with Crippen LogP contribution >= 0.6 is 0 Å². The molecule has 0 saturated carbocycles. The van der Waals surface area contributed by atoms with E-state index < -0.39 is 0 Å². The predicted octanol–water partition coefficient (Wildman–Crippen LogP) is 1.97. The molecule has 2 heterocycles. The SMILES string of the molecule is c1cnn(OCCCCN2CCCCCC2)c1. The minimum Gasteiger partial charge on any atom is -0.397 e. The summed E-state index contributed by atoms with van der Waals surface area (Å²) < 4.78 is 0. The number of likely N-dealkylation sites (tertiary alicyclic amines) is 1. The average molecular weight is 237 g/mol. The summed E-state index contributed by atoms with van der Waals surface area (Å²) in [4.78, 5) is 9.58. The highest BCUT2D eigenvalue weighted by Gasteiger charge is 2.07. The third-order valence-corrected chi connectivity index (χ3v) is 3.27. The lowest BCUT2D eigenvalue weighted by molar-refractivity contribution is 0.0779. The molecular formula is C13H23N3O. The molecule has 0 amide bonds. The van der Waals surface area contributed by atoms with Crippen molar-refractivity contribution in [2.45, 2.75) is 38.5 Å². The summed E-state index contributed by atoms with van der Waals surface area (Å²) >= 11 is 0. The van der Waals surface area contributed by atoms with E-state index in [4.69, 9.17) is 4.84 Å². The first-order chi connectivity index (χ1) is 8.45. The van der Waals surface area contributed by atoms with E-state index in [2.05, 4.69) is 10.00 Å². The zero-order valence-corrected chi connectivity index (χ0v) is 10.6. The number of unbranched alkanes of at least 4 members (excludes halogenated alkanes) is 1. The van der Waals surface area contributed by atoms with Gasteiger partial charge in [0.1, 0.15) is 6.61 Å². The van der Waals surface area contributed by atoms with Crippen LogP contribution in [-0.4, -0.2) is 41.1 Å². The fourth-order valence-corrected chi connectivity index (χ4v) is 2.29. The molecule has 0 aromatic carbocycles. The van der Waals surface area contributed by atoms with E-state index in [0.717, 1.165) is 13.0 Å². The Balaban J connectivity index is 1.50. The standard InChI is InChI=1S/C13H23N3O/c1-2-4-10-15(9-3-1)11-5-6-13-17-16-12-7-8-14-16/h7-8,12H,1-6,9-11,13H2. The molecule has 1 aliphatic rings. The van der Waals surface area contributed by atoms with Crippen LogP contribution in [0.15, 0.2) is 18.5 Å². The first kappa shape index (κ1) is 12.4. The number of rotatable bonds is 6. The molecule has 0 spiro atoms. The molecule has 0 aliphatic carbocycles.